The van der Waals surface area contributed by atoms with E-state index >= 15 is 0 Å². The number of carbonyl (C=O) groups excluding carboxylic acids is 3. The number of likely N-dealkylation sites (N-methyl/N-ethyl adjacent to an activating group) is 1. The molecule has 0 spiro atoms. The molecule has 1 aromatic carbocycles. The van der Waals surface area contributed by atoms with Crippen LogP contribution in [0.1, 0.15) is 23.1 Å². The molecular formula is C27H34F2N4O7. The van der Waals surface area contributed by atoms with E-state index in [2.05, 4.69) is 0 Å². The average molecular weight is 565 g/mol. The number of aliphatic hydroxyl groups excluding tert-OH is 2. The Bertz CT molecular complexity index is 1360. The second-order valence-corrected chi connectivity index (χ2v) is 11.2. The second-order valence-electron chi connectivity index (χ2n) is 11.2. The number of anilines is 1. The summed E-state index contributed by atoms with van der Waals surface area (Å²) in [4.78, 5) is 43.8. The van der Waals surface area contributed by atoms with Gasteiger partial charge in [-0.3, -0.25) is 24.2 Å². The molecule has 218 valence electrons. The Labute approximate surface area is 229 Å². The zero-order valence-corrected chi connectivity index (χ0v) is 22.9. The van der Waals surface area contributed by atoms with E-state index in [0.717, 1.165) is 0 Å². The van der Waals surface area contributed by atoms with E-state index in [1.165, 1.54) is 37.0 Å². The van der Waals surface area contributed by atoms with Gasteiger partial charge in [0.05, 0.1) is 18.2 Å². The maximum absolute atomic E-state index is 13.9. The molecule has 3 aliphatic rings. The quantitative estimate of drug-likeness (QED) is 0.298. The molecule has 1 amide bonds. The number of primary amides is 1. The largest absolute Gasteiger partial charge is 0.508 e. The summed E-state index contributed by atoms with van der Waals surface area (Å²) in [6.07, 6.45) is -2.51. The van der Waals surface area contributed by atoms with Crippen molar-refractivity contribution in [3.63, 3.8) is 0 Å². The van der Waals surface area contributed by atoms with E-state index in [-0.39, 0.29) is 30.5 Å². The van der Waals surface area contributed by atoms with Crippen LogP contribution in [0, 0.1) is 11.8 Å². The van der Waals surface area contributed by atoms with Gasteiger partial charge >= 0.3 is 0 Å². The van der Waals surface area contributed by atoms with Crippen molar-refractivity contribution in [2.45, 2.75) is 37.5 Å². The van der Waals surface area contributed by atoms with Crippen molar-refractivity contribution < 1.29 is 43.6 Å². The first-order valence-electron chi connectivity index (χ1n) is 12.7. The van der Waals surface area contributed by atoms with E-state index in [4.69, 9.17) is 5.73 Å². The molecule has 0 aromatic heterocycles. The predicted molar refractivity (Wildman–Crippen MR) is 141 cm³/mol. The van der Waals surface area contributed by atoms with Crippen LogP contribution in [-0.2, 0) is 27.3 Å². The molecule has 11 nitrogen and oxygen atoms in total. The Balaban J connectivity index is 1.93. The van der Waals surface area contributed by atoms with Gasteiger partial charge in [-0.15, -0.1) is 0 Å². The van der Waals surface area contributed by atoms with Crippen molar-refractivity contribution in [2.75, 3.05) is 46.7 Å². The first-order chi connectivity index (χ1) is 18.5. The third-order valence-electron chi connectivity index (χ3n) is 8.11. The first-order valence-corrected chi connectivity index (χ1v) is 12.7. The van der Waals surface area contributed by atoms with Gasteiger partial charge in [0.15, 0.2) is 11.4 Å². The van der Waals surface area contributed by atoms with Crippen LogP contribution in [0.2, 0.25) is 0 Å². The van der Waals surface area contributed by atoms with Gasteiger partial charge in [-0.1, -0.05) is 0 Å². The normalized spacial score (nSPS) is 26.4. The van der Waals surface area contributed by atoms with E-state index in [9.17, 15) is 43.6 Å². The maximum atomic E-state index is 13.9. The topological polar surface area (TPSA) is 168 Å². The number of hydrogen-bond acceptors (Lipinski definition) is 10. The van der Waals surface area contributed by atoms with Gasteiger partial charge in [-0.25, -0.2) is 8.78 Å². The van der Waals surface area contributed by atoms with Crippen molar-refractivity contribution in [1.29, 1.82) is 0 Å². The number of amides is 1. The lowest BCUT2D eigenvalue weighted by atomic mass is 9.57. The van der Waals surface area contributed by atoms with Crippen LogP contribution in [0.15, 0.2) is 23.0 Å². The monoisotopic (exact) mass is 564 g/mol. The summed E-state index contributed by atoms with van der Waals surface area (Å²) in [5, 5.41) is 45.0. The molecule has 0 heterocycles. The highest BCUT2D eigenvalue weighted by molar-refractivity contribution is 6.24. The molecule has 1 saturated carbocycles. The summed E-state index contributed by atoms with van der Waals surface area (Å²) >= 11 is 0. The molecule has 0 unspecified atom stereocenters. The number of nitrogens with zero attached hydrogens (tertiary/aromatic N) is 3. The van der Waals surface area contributed by atoms with Crippen molar-refractivity contribution in [3.05, 3.63) is 39.7 Å². The van der Waals surface area contributed by atoms with Gasteiger partial charge in [0.1, 0.15) is 22.8 Å². The van der Waals surface area contributed by atoms with E-state index in [1.807, 2.05) is 0 Å². The zero-order valence-electron chi connectivity index (χ0n) is 22.9. The lowest BCUT2D eigenvalue weighted by Crippen LogP contribution is -2.65. The second kappa shape index (κ2) is 10.1. The third kappa shape index (κ3) is 4.32. The van der Waals surface area contributed by atoms with Crippen LogP contribution in [0.4, 0.5) is 14.5 Å². The van der Waals surface area contributed by atoms with Crippen LogP contribution in [-0.4, -0.2) is 108 Å². The minimum atomic E-state index is -2.72. The lowest BCUT2D eigenvalue weighted by molar-refractivity contribution is -0.153. The zero-order chi connectivity index (χ0) is 30.0. The fourth-order valence-corrected chi connectivity index (χ4v) is 6.64. The molecular weight excluding hydrogens is 530 g/mol. The Morgan fingerprint density at radius 3 is 2.30 bits per heavy atom. The summed E-state index contributed by atoms with van der Waals surface area (Å²) in [6.45, 7) is -0.435. The van der Waals surface area contributed by atoms with Crippen LogP contribution in [0.25, 0.3) is 5.76 Å². The van der Waals surface area contributed by atoms with Gasteiger partial charge in [-0.2, -0.15) is 0 Å². The minimum Gasteiger partial charge on any atom is -0.508 e. The summed E-state index contributed by atoms with van der Waals surface area (Å²) in [6, 6.07) is 0.149. The van der Waals surface area contributed by atoms with Gasteiger partial charge in [-0.05, 0) is 57.1 Å². The predicted octanol–water partition coefficient (Wildman–Crippen LogP) is 0.727. The number of phenols is 1. The molecule has 0 bridgehead atoms. The number of nitrogens with two attached hydrogens (primary N) is 1. The Morgan fingerprint density at radius 2 is 1.77 bits per heavy atom. The number of rotatable bonds is 7. The number of ketones is 2. The fraction of sp³-hybridized carbons (Fsp3) is 0.519. The number of benzene rings is 1. The van der Waals surface area contributed by atoms with Gasteiger partial charge in [0.2, 0.25) is 5.78 Å². The number of alkyl halides is 2. The number of aromatic hydroxyl groups is 1. The van der Waals surface area contributed by atoms with Crippen LogP contribution < -0.4 is 10.6 Å². The van der Waals surface area contributed by atoms with Gasteiger partial charge < -0.3 is 31.1 Å². The number of phenolic OH excluding ortho intramolecular Hbond substituents is 1. The van der Waals surface area contributed by atoms with Crippen LogP contribution >= 0.6 is 0 Å². The SMILES string of the molecule is CN(Cc1cc(O)c2c(c1N(C)C)C[C@H]1C[C@H]3[C@H](N(C)C)C(=O)C(C(N)=O)=C(O)[C@@]3(O)C(=O)C1=C2O)CC(F)F. The average Bonchev–Trinajstić information content (AvgIpc) is 2.79. The highest BCUT2D eigenvalue weighted by Gasteiger charge is 2.64. The molecule has 0 saturated heterocycles. The molecule has 0 aliphatic heterocycles. The molecule has 4 atom stereocenters. The Hall–Kier alpha value is -3.55. The van der Waals surface area contributed by atoms with Crippen molar-refractivity contribution >= 4 is 28.9 Å². The number of aliphatic hydroxyl groups is 3. The number of hydrogen-bond donors (Lipinski definition) is 5. The highest BCUT2D eigenvalue weighted by Crippen LogP contribution is 2.54. The third-order valence-corrected chi connectivity index (χ3v) is 8.11. The molecule has 1 aromatic rings. The summed E-state index contributed by atoms with van der Waals surface area (Å²) in [5.41, 5.74) is 2.98. The molecule has 6 N–H and O–H groups in total. The Kier molecular flexibility index (Phi) is 7.45. The molecule has 3 aliphatic carbocycles. The first kappa shape index (κ1) is 29.4. The van der Waals surface area contributed by atoms with Gasteiger partial charge in [0.25, 0.3) is 12.3 Å². The number of fused-ring (bicyclic) bond motifs is 3. The van der Waals surface area contributed by atoms with Crippen LogP contribution in [0.3, 0.4) is 0 Å². The minimum absolute atomic E-state index is 0.0467. The van der Waals surface area contributed by atoms with Crippen molar-refractivity contribution in [2.24, 2.45) is 17.6 Å². The van der Waals surface area contributed by atoms with Crippen LogP contribution in [0.5, 0.6) is 5.75 Å². The molecule has 40 heavy (non-hydrogen) atoms. The summed E-state index contributed by atoms with van der Waals surface area (Å²) < 4.78 is 26.0. The number of carbonyl (C=O) groups is 3. The van der Waals surface area contributed by atoms with Crippen molar-refractivity contribution in [1.82, 2.24) is 9.80 Å². The summed E-state index contributed by atoms with van der Waals surface area (Å²) in [5.74, 6) is -7.32. The molecule has 1 fully saturated rings. The highest BCUT2D eigenvalue weighted by atomic mass is 19.3. The smallest absolute Gasteiger partial charge is 0.255 e. The van der Waals surface area contributed by atoms with Gasteiger partial charge in [0, 0.05) is 37.8 Å². The number of Topliss-reactive ketones (excluding diaryl/α,β-unsaturated/α-hetero) is 2. The lowest BCUT2D eigenvalue weighted by Gasteiger charge is -2.50. The van der Waals surface area contributed by atoms with E-state index in [1.54, 1.807) is 19.0 Å². The van der Waals surface area contributed by atoms with E-state index in [0.29, 0.717) is 16.8 Å². The maximum Gasteiger partial charge on any atom is 0.255 e. The fourth-order valence-electron chi connectivity index (χ4n) is 6.64. The number of halogens is 2. The molecule has 13 heteroatoms. The standard InChI is InChI=1S/C27H34F2N4O7/c1-31(2)20-12(9-33(5)10-16(28)29)8-15(34)18-13(20)6-11-7-14-21(32(3)4)23(36)19(26(30)39)25(38)27(14,40)24(37)17(11)22(18)35/h8,11,14,16,21,34-35,38,40H,6-7,9-10H2,1-5H3,(H2,30,39)/t11-,14-,21-,27-/m0/s1. The molecule has 0 radical (unpaired) electrons. The Morgan fingerprint density at radius 1 is 1.15 bits per heavy atom. The summed E-state index contributed by atoms with van der Waals surface area (Å²) in [7, 11) is 8.01. The molecule has 4 rings (SSSR count). The van der Waals surface area contributed by atoms with Crippen molar-refractivity contribution in [3.8, 4) is 5.75 Å². The van der Waals surface area contributed by atoms with E-state index < -0.39 is 76.8 Å².